The van der Waals surface area contributed by atoms with Crippen molar-refractivity contribution in [2.75, 3.05) is 18.4 Å². The summed E-state index contributed by atoms with van der Waals surface area (Å²) in [5.41, 5.74) is 0. The lowest BCUT2D eigenvalue weighted by Gasteiger charge is -2.23. The Balaban J connectivity index is 1.74. The van der Waals surface area contributed by atoms with Gasteiger partial charge in [0.05, 0.1) is 6.10 Å². The molecule has 0 aromatic rings. The monoisotopic (exact) mass is 247 g/mol. The van der Waals surface area contributed by atoms with Gasteiger partial charge in [-0.25, -0.2) is 0 Å². The zero-order chi connectivity index (χ0) is 9.26. The summed E-state index contributed by atoms with van der Waals surface area (Å²) in [6, 6.07) is 0.800. The summed E-state index contributed by atoms with van der Waals surface area (Å²) in [5, 5.41) is 10.3. The van der Waals surface area contributed by atoms with E-state index in [9.17, 15) is 5.11 Å². The Morgan fingerprint density at radius 3 is 2.46 bits per heavy atom. The molecule has 2 fully saturated rings. The van der Waals surface area contributed by atoms with Crippen LogP contribution in [0.25, 0.3) is 0 Å². The molecule has 0 heterocycles. The van der Waals surface area contributed by atoms with E-state index < -0.39 is 0 Å². The molecule has 1 unspecified atom stereocenters. The minimum Gasteiger partial charge on any atom is -0.391 e. The molecule has 2 saturated carbocycles. The van der Waals surface area contributed by atoms with E-state index in [2.05, 4.69) is 20.8 Å². The molecule has 2 aliphatic rings. The van der Waals surface area contributed by atoms with Gasteiger partial charge in [-0.15, -0.1) is 0 Å². The number of hydrogen-bond acceptors (Lipinski definition) is 2. The molecule has 1 atom stereocenters. The van der Waals surface area contributed by atoms with Gasteiger partial charge in [0, 0.05) is 24.5 Å². The third-order valence-electron chi connectivity index (χ3n) is 2.88. The first kappa shape index (κ1) is 9.94. The van der Waals surface area contributed by atoms with Gasteiger partial charge < -0.3 is 5.11 Å². The molecule has 0 amide bonds. The highest BCUT2D eigenvalue weighted by atomic mass is 79.9. The van der Waals surface area contributed by atoms with Gasteiger partial charge in [0.25, 0.3) is 0 Å². The molecule has 0 bridgehead atoms. The number of alkyl halides is 1. The fourth-order valence-electron chi connectivity index (χ4n) is 1.76. The number of aliphatic hydroxyl groups is 1. The predicted molar refractivity (Wildman–Crippen MR) is 57.1 cm³/mol. The van der Waals surface area contributed by atoms with Crippen molar-refractivity contribution >= 4 is 15.9 Å². The first-order valence-electron chi connectivity index (χ1n) is 5.27. The van der Waals surface area contributed by atoms with Gasteiger partial charge in [-0.1, -0.05) is 15.9 Å². The maximum atomic E-state index is 9.55. The van der Waals surface area contributed by atoms with E-state index in [1.54, 1.807) is 0 Å². The van der Waals surface area contributed by atoms with E-state index in [0.29, 0.717) is 5.33 Å². The molecule has 0 aromatic heterocycles. The first-order chi connectivity index (χ1) is 6.29. The van der Waals surface area contributed by atoms with Crippen molar-refractivity contribution in [3.8, 4) is 0 Å². The van der Waals surface area contributed by atoms with Crippen molar-refractivity contribution in [2.24, 2.45) is 5.92 Å². The summed E-state index contributed by atoms with van der Waals surface area (Å²) in [4.78, 5) is 2.49. The van der Waals surface area contributed by atoms with Gasteiger partial charge in [0.1, 0.15) is 0 Å². The van der Waals surface area contributed by atoms with Crippen molar-refractivity contribution in [1.29, 1.82) is 0 Å². The lowest BCUT2D eigenvalue weighted by Crippen LogP contribution is -2.36. The van der Waals surface area contributed by atoms with Gasteiger partial charge in [-0.3, -0.25) is 4.90 Å². The zero-order valence-corrected chi connectivity index (χ0v) is 9.54. The van der Waals surface area contributed by atoms with Crippen LogP contribution >= 0.6 is 15.9 Å². The van der Waals surface area contributed by atoms with E-state index >= 15 is 0 Å². The lowest BCUT2D eigenvalue weighted by atomic mass is 10.3. The fraction of sp³-hybridized carbons (Fsp3) is 1.00. The Morgan fingerprint density at radius 2 is 2.00 bits per heavy atom. The molecule has 0 radical (unpaired) electrons. The second-order valence-corrected chi connectivity index (χ2v) is 5.08. The Labute approximate surface area is 88.4 Å². The minimum absolute atomic E-state index is 0.181. The van der Waals surface area contributed by atoms with Crippen molar-refractivity contribution in [1.82, 2.24) is 4.90 Å². The second kappa shape index (κ2) is 4.28. The maximum Gasteiger partial charge on any atom is 0.0763 e. The summed E-state index contributed by atoms with van der Waals surface area (Å²) in [7, 11) is 0. The summed E-state index contributed by atoms with van der Waals surface area (Å²) < 4.78 is 0. The van der Waals surface area contributed by atoms with Crippen LogP contribution in [0.1, 0.15) is 25.7 Å². The average Bonchev–Trinajstić information content (AvgIpc) is 2.96. The molecule has 13 heavy (non-hydrogen) atoms. The predicted octanol–water partition coefficient (Wildman–Crippen LogP) is 1.62. The van der Waals surface area contributed by atoms with Gasteiger partial charge >= 0.3 is 0 Å². The average molecular weight is 248 g/mol. The standard InChI is InChI=1S/C10H18BrNO/c11-5-10(13)7-12(9-3-4-9)6-8-1-2-8/h8-10,13H,1-7H2. The molecule has 1 N–H and O–H groups in total. The topological polar surface area (TPSA) is 23.5 Å². The van der Waals surface area contributed by atoms with Crippen LogP contribution in [-0.2, 0) is 0 Å². The summed E-state index contributed by atoms with van der Waals surface area (Å²) in [5.74, 6) is 0.947. The second-order valence-electron chi connectivity index (χ2n) is 4.44. The molecule has 3 heteroatoms. The van der Waals surface area contributed by atoms with Crippen LogP contribution in [0, 0.1) is 5.92 Å². The number of halogens is 1. The van der Waals surface area contributed by atoms with Crippen molar-refractivity contribution in [3.63, 3.8) is 0 Å². The van der Waals surface area contributed by atoms with E-state index in [4.69, 9.17) is 0 Å². The quantitative estimate of drug-likeness (QED) is 0.722. The molecule has 2 rings (SSSR count). The van der Waals surface area contributed by atoms with E-state index in [1.165, 1.54) is 32.2 Å². The Hall–Kier alpha value is 0.400. The van der Waals surface area contributed by atoms with Crippen LogP contribution in [0.4, 0.5) is 0 Å². The Kier molecular flexibility index (Phi) is 3.27. The largest absolute Gasteiger partial charge is 0.391 e. The number of aliphatic hydroxyl groups excluding tert-OH is 1. The summed E-state index contributed by atoms with van der Waals surface area (Å²) in [6.07, 6.45) is 5.34. The summed E-state index contributed by atoms with van der Waals surface area (Å²) in [6.45, 7) is 2.10. The number of nitrogens with zero attached hydrogens (tertiary/aromatic N) is 1. The van der Waals surface area contributed by atoms with E-state index in [-0.39, 0.29) is 6.10 Å². The third-order valence-corrected chi connectivity index (χ3v) is 3.62. The Bertz CT molecular complexity index is 168. The highest BCUT2D eigenvalue weighted by Crippen LogP contribution is 2.34. The van der Waals surface area contributed by atoms with Gasteiger partial charge in [0.2, 0.25) is 0 Å². The van der Waals surface area contributed by atoms with Crippen LogP contribution in [0.2, 0.25) is 0 Å². The van der Waals surface area contributed by atoms with Crippen molar-refractivity contribution in [3.05, 3.63) is 0 Å². The van der Waals surface area contributed by atoms with Crippen molar-refractivity contribution in [2.45, 2.75) is 37.8 Å². The highest BCUT2D eigenvalue weighted by molar-refractivity contribution is 9.09. The van der Waals surface area contributed by atoms with Crippen molar-refractivity contribution < 1.29 is 5.11 Å². The van der Waals surface area contributed by atoms with Crippen LogP contribution in [0.15, 0.2) is 0 Å². The van der Waals surface area contributed by atoms with Crippen LogP contribution in [0.5, 0.6) is 0 Å². The SMILES string of the molecule is OC(CBr)CN(CC1CC1)C1CC1. The minimum atomic E-state index is -0.181. The molecular formula is C10H18BrNO. The van der Waals surface area contributed by atoms with Crippen LogP contribution in [-0.4, -0.2) is 40.6 Å². The number of hydrogen-bond donors (Lipinski definition) is 1. The van der Waals surface area contributed by atoms with E-state index in [1.807, 2.05) is 0 Å². The number of rotatable bonds is 6. The molecule has 0 spiro atoms. The molecule has 0 aliphatic heterocycles. The highest BCUT2D eigenvalue weighted by Gasteiger charge is 2.34. The van der Waals surface area contributed by atoms with Gasteiger partial charge in [0.15, 0.2) is 0 Å². The molecule has 2 aliphatic carbocycles. The molecule has 2 nitrogen and oxygen atoms in total. The smallest absolute Gasteiger partial charge is 0.0763 e. The maximum absolute atomic E-state index is 9.55. The van der Waals surface area contributed by atoms with Crippen LogP contribution in [0.3, 0.4) is 0 Å². The molecule has 0 saturated heterocycles. The first-order valence-corrected chi connectivity index (χ1v) is 6.40. The fourth-order valence-corrected chi connectivity index (χ4v) is 1.97. The van der Waals surface area contributed by atoms with Gasteiger partial charge in [-0.2, -0.15) is 0 Å². The van der Waals surface area contributed by atoms with Gasteiger partial charge in [-0.05, 0) is 31.6 Å². The normalized spacial score (nSPS) is 25.2. The molecule has 76 valence electrons. The lowest BCUT2D eigenvalue weighted by molar-refractivity contribution is 0.123. The zero-order valence-electron chi connectivity index (χ0n) is 7.95. The summed E-state index contributed by atoms with van der Waals surface area (Å²) >= 11 is 3.32. The van der Waals surface area contributed by atoms with E-state index in [0.717, 1.165) is 18.5 Å². The molecular weight excluding hydrogens is 230 g/mol. The molecule has 0 aromatic carbocycles. The van der Waals surface area contributed by atoms with Crippen LogP contribution < -0.4 is 0 Å². The third kappa shape index (κ3) is 3.22. The Morgan fingerprint density at radius 1 is 1.31 bits per heavy atom.